The van der Waals surface area contributed by atoms with Crippen LogP contribution in [0.15, 0.2) is 76.2 Å². The molecule has 1 aromatic heterocycles. The van der Waals surface area contributed by atoms with Crippen molar-refractivity contribution in [2.45, 2.75) is 11.4 Å². The number of carbonyl (C=O) groups excluding carboxylic acids is 1. The minimum absolute atomic E-state index is 0.122. The normalized spacial score (nSPS) is 11.3. The summed E-state index contributed by atoms with van der Waals surface area (Å²) >= 11 is 5.77. The molecule has 1 heterocycles. The van der Waals surface area contributed by atoms with E-state index in [0.717, 1.165) is 5.56 Å². The first-order chi connectivity index (χ1) is 12.4. The predicted octanol–water partition coefficient (Wildman–Crippen LogP) is 3.66. The highest BCUT2D eigenvalue weighted by atomic mass is 35.5. The predicted molar refractivity (Wildman–Crippen MR) is 98.6 cm³/mol. The van der Waals surface area contributed by atoms with Crippen LogP contribution in [-0.2, 0) is 16.6 Å². The molecule has 134 valence electrons. The molecule has 3 rings (SSSR count). The third kappa shape index (κ3) is 4.51. The molecule has 1 amide bonds. The lowest BCUT2D eigenvalue weighted by atomic mass is 10.2. The summed E-state index contributed by atoms with van der Waals surface area (Å²) in [4.78, 5) is 12.0. The summed E-state index contributed by atoms with van der Waals surface area (Å²) in [5.74, 6) is -0.143. The van der Waals surface area contributed by atoms with E-state index in [4.69, 9.17) is 16.0 Å². The highest BCUT2D eigenvalue weighted by Crippen LogP contribution is 2.15. The number of carbonyl (C=O) groups is 1. The van der Waals surface area contributed by atoms with Crippen molar-refractivity contribution in [1.82, 2.24) is 4.72 Å². The van der Waals surface area contributed by atoms with Crippen LogP contribution < -0.4 is 10.0 Å². The molecule has 3 aromatic rings. The van der Waals surface area contributed by atoms with Gasteiger partial charge in [0.05, 0.1) is 11.2 Å². The van der Waals surface area contributed by atoms with Crippen LogP contribution in [0.5, 0.6) is 0 Å². The van der Waals surface area contributed by atoms with Crippen LogP contribution in [0.1, 0.15) is 16.1 Å². The summed E-state index contributed by atoms with van der Waals surface area (Å²) in [6.45, 7) is 0.122. The van der Waals surface area contributed by atoms with Gasteiger partial charge in [-0.1, -0.05) is 23.7 Å². The van der Waals surface area contributed by atoms with Crippen molar-refractivity contribution < 1.29 is 17.6 Å². The number of hydrogen-bond acceptors (Lipinski definition) is 4. The van der Waals surface area contributed by atoms with Crippen molar-refractivity contribution in [3.8, 4) is 0 Å². The molecule has 2 N–H and O–H groups in total. The molecule has 2 aromatic carbocycles. The monoisotopic (exact) mass is 390 g/mol. The van der Waals surface area contributed by atoms with E-state index in [1.807, 2.05) is 0 Å². The van der Waals surface area contributed by atoms with Crippen molar-refractivity contribution in [3.05, 3.63) is 83.3 Å². The Morgan fingerprint density at radius 1 is 1.00 bits per heavy atom. The lowest BCUT2D eigenvalue weighted by Gasteiger charge is -2.08. The van der Waals surface area contributed by atoms with Crippen LogP contribution in [0.3, 0.4) is 0 Å². The molecular formula is C18H15ClN2O4S. The van der Waals surface area contributed by atoms with Crippen LogP contribution in [-0.4, -0.2) is 14.3 Å². The molecule has 0 aliphatic carbocycles. The first-order valence-corrected chi connectivity index (χ1v) is 9.49. The minimum Gasteiger partial charge on any atom is -0.459 e. The van der Waals surface area contributed by atoms with Gasteiger partial charge in [0.1, 0.15) is 0 Å². The van der Waals surface area contributed by atoms with Gasteiger partial charge in [-0.3, -0.25) is 4.79 Å². The van der Waals surface area contributed by atoms with Gasteiger partial charge in [-0.2, -0.15) is 0 Å². The van der Waals surface area contributed by atoms with Crippen molar-refractivity contribution in [2.24, 2.45) is 0 Å². The Morgan fingerprint density at radius 2 is 1.69 bits per heavy atom. The Hall–Kier alpha value is -2.61. The Bertz CT molecular complexity index is 983. The quantitative estimate of drug-likeness (QED) is 0.672. The van der Waals surface area contributed by atoms with Crippen molar-refractivity contribution >= 4 is 33.2 Å². The molecule has 0 radical (unpaired) electrons. The molecule has 0 fully saturated rings. The first-order valence-electron chi connectivity index (χ1n) is 7.63. The minimum atomic E-state index is -3.62. The maximum absolute atomic E-state index is 12.2. The zero-order valence-corrected chi connectivity index (χ0v) is 15.0. The molecule has 26 heavy (non-hydrogen) atoms. The van der Waals surface area contributed by atoms with Crippen LogP contribution in [0.4, 0.5) is 5.69 Å². The van der Waals surface area contributed by atoms with E-state index < -0.39 is 10.0 Å². The summed E-state index contributed by atoms with van der Waals surface area (Å²) in [6, 6.07) is 15.9. The van der Waals surface area contributed by atoms with E-state index in [0.29, 0.717) is 10.7 Å². The van der Waals surface area contributed by atoms with Crippen LogP contribution in [0, 0.1) is 0 Å². The zero-order valence-electron chi connectivity index (χ0n) is 13.5. The van der Waals surface area contributed by atoms with Gasteiger partial charge in [0.15, 0.2) is 5.76 Å². The Morgan fingerprint density at radius 3 is 2.31 bits per heavy atom. The SMILES string of the molecule is O=C(Nc1ccc(CNS(=O)(=O)c2ccc(Cl)cc2)cc1)c1ccco1. The van der Waals surface area contributed by atoms with Gasteiger partial charge in [-0.25, -0.2) is 13.1 Å². The Kier molecular flexibility index (Phi) is 5.41. The van der Waals surface area contributed by atoms with Gasteiger partial charge >= 0.3 is 0 Å². The maximum Gasteiger partial charge on any atom is 0.291 e. The van der Waals surface area contributed by atoms with Gasteiger partial charge in [0.25, 0.3) is 5.91 Å². The number of furan rings is 1. The second-order valence-electron chi connectivity index (χ2n) is 5.41. The summed E-state index contributed by atoms with van der Waals surface area (Å²) in [6.07, 6.45) is 1.42. The Labute approximate surface area is 155 Å². The Balaban J connectivity index is 1.60. The summed E-state index contributed by atoms with van der Waals surface area (Å²) in [7, 11) is -3.62. The van der Waals surface area contributed by atoms with Crippen molar-refractivity contribution in [2.75, 3.05) is 5.32 Å². The molecule has 0 bridgehead atoms. The summed E-state index contributed by atoms with van der Waals surface area (Å²) < 4.78 is 32.0. The molecule has 0 saturated carbocycles. The van der Waals surface area contributed by atoms with Crippen LogP contribution >= 0.6 is 11.6 Å². The number of nitrogens with one attached hydrogen (secondary N) is 2. The molecular weight excluding hydrogens is 376 g/mol. The van der Waals surface area contributed by atoms with E-state index in [1.54, 1.807) is 36.4 Å². The lowest BCUT2D eigenvalue weighted by Crippen LogP contribution is -2.23. The maximum atomic E-state index is 12.2. The zero-order chi connectivity index (χ0) is 18.6. The fourth-order valence-electron chi connectivity index (χ4n) is 2.18. The van der Waals surface area contributed by atoms with Crippen molar-refractivity contribution in [1.29, 1.82) is 0 Å². The van der Waals surface area contributed by atoms with Crippen LogP contribution in [0.25, 0.3) is 0 Å². The topological polar surface area (TPSA) is 88.4 Å². The number of amides is 1. The van der Waals surface area contributed by atoms with Gasteiger partial charge in [-0.05, 0) is 54.1 Å². The number of anilines is 1. The van der Waals surface area contributed by atoms with E-state index in [2.05, 4.69) is 10.0 Å². The smallest absolute Gasteiger partial charge is 0.291 e. The van der Waals surface area contributed by atoms with Crippen molar-refractivity contribution in [3.63, 3.8) is 0 Å². The molecule has 0 aliphatic heterocycles. The number of benzene rings is 2. The number of sulfonamides is 1. The molecule has 0 unspecified atom stereocenters. The second-order valence-corrected chi connectivity index (χ2v) is 7.61. The van der Waals surface area contributed by atoms with Crippen LogP contribution in [0.2, 0.25) is 5.02 Å². The molecule has 8 heteroatoms. The van der Waals surface area contributed by atoms with E-state index in [-0.39, 0.29) is 23.1 Å². The highest BCUT2D eigenvalue weighted by molar-refractivity contribution is 7.89. The number of halogens is 1. The molecule has 0 aliphatic rings. The molecule has 6 nitrogen and oxygen atoms in total. The molecule has 0 atom stereocenters. The molecule has 0 spiro atoms. The largest absolute Gasteiger partial charge is 0.459 e. The lowest BCUT2D eigenvalue weighted by molar-refractivity contribution is 0.0996. The summed E-state index contributed by atoms with van der Waals surface area (Å²) in [5, 5.41) is 3.16. The summed E-state index contributed by atoms with van der Waals surface area (Å²) in [5.41, 5.74) is 1.33. The molecule has 0 saturated heterocycles. The van der Waals surface area contributed by atoms with Gasteiger partial charge < -0.3 is 9.73 Å². The average Bonchev–Trinajstić information content (AvgIpc) is 3.16. The van der Waals surface area contributed by atoms with E-state index >= 15 is 0 Å². The van der Waals surface area contributed by atoms with Gasteiger partial charge in [-0.15, -0.1) is 0 Å². The number of hydrogen-bond donors (Lipinski definition) is 2. The number of rotatable bonds is 6. The highest BCUT2D eigenvalue weighted by Gasteiger charge is 2.13. The second kappa shape index (κ2) is 7.74. The fourth-order valence-corrected chi connectivity index (χ4v) is 3.33. The van der Waals surface area contributed by atoms with Gasteiger partial charge in [0.2, 0.25) is 10.0 Å². The fraction of sp³-hybridized carbons (Fsp3) is 0.0556. The standard InChI is InChI=1S/C18H15ClN2O4S/c19-14-5-9-16(10-6-14)26(23,24)20-12-13-3-7-15(8-4-13)21-18(22)17-2-1-11-25-17/h1-11,20H,12H2,(H,21,22). The van der Waals surface area contributed by atoms with Gasteiger partial charge in [0, 0.05) is 17.3 Å². The third-order valence-corrected chi connectivity index (χ3v) is 5.22. The van der Waals surface area contributed by atoms with E-state index in [1.165, 1.54) is 30.5 Å². The average molecular weight is 391 g/mol. The van der Waals surface area contributed by atoms with E-state index in [9.17, 15) is 13.2 Å². The third-order valence-electron chi connectivity index (χ3n) is 3.55. The first kappa shape index (κ1) is 18.2.